The highest BCUT2D eigenvalue weighted by Gasteiger charge is 2.33. The molecule has 0 radical (unpaired) electrons. The number of hydrogen-bond donors (Lipinski definition) is 1. The van der Waals surface area contributed by atoms with E-state index in [0.717, 1.165) is 23.0 Å². The maximum atomic E-state index is 12.6. The number of nitrogens with one attached hydrogen (secondary N) is 1. The Hall–Kier alpha value is -0.440. The summed E-state index contributed by atoms with van der Waals surface area (Å²) in [4.78, 5) is 12.0. The molecule has 1 N–H and O–H groups in total. The van der Waals surface area contributed by atoms with Gasteiger partial charge in [-0.2, -0.15) is 4.31 Å². The molecule has 1 atom stereocenters. The Labute approximate surface area is 137 Å². The minimum Gasteiger partial charge on any atom is -0.356 e. The average molecular weight is 395 g/mol. The van der Waals surface area contributed by atoms with E-state index in [9.17, 15) is 13.2 Å². The molecule has 1 aromatic rings. The average Bonchev–Trinajstić information content (AvgIpc) is 2.92. The van der Waals surface area contributed by atoms with Gasteiger partial charge >= 0.3 is 0 Å². The summed E-state index contributed by atoms with van der Waals surface area (Å²) in [6, 6.07) is 3.33. The summed E-state index contributed by atoms with van der Waals surface area (Å²) in [6.07, 6.45) is 2.34. The molecule has 2 rings (SSSR count). The lowest BCUT2D eigenvalue weighted by Gasteiger charge is -2.30. The Morgan fingerprint density at radius 1 is 1.52 bits per heavy atom. The van der Waals surface area contributed by atoms with Crippen LogP contribution in [0.4, 0.5) is 0 Å². The van der Waals surface area contributed by atoms with Crippen molar-refractivity contribution in [3.63, 3.8) is 0 Å². The Morgan fingerprint density at radius 2 is 2.29 bits per heavy atom. The number of halogens is 1. The first-order valence-electron chi connectivity index (χ1n) is 6.98. The number of thiophene rings is 1. The Bertz CT molecular complexity index is 600. The van der Waals surface area contributed by atoms with Crippen molar-refractivity contribution >= 4 is 43.2 Å². The number of nitrogens with zero attached hydrogens (tertiary/aromatic N) is 1. The zero-order valence-corrected chi connectivity index (χ0v) is 15.1. The maximum absolute atomic E-state index is 12.6. The summed E-state index contributed by atoms with van der Waals surface area (Å²) in [6.45, 7) is 3.38. The van der Waals surface area contributed by atoms with Crippen molar-refractivity contribution in [3.8, 4) is 0 Å². The van der Waals surface area contributed by atoms with E-state index in [2.05, 4.69) is 21.2 Å². The van der Waals surface area contributed by atoms with Crippen LogP contribution in [0, 0.1) is 5.92 Å². The van der Waals surface area contributed by atoms with E-state index >= 15 is 0 Å². The van der Waals surface area contributed by atoms with Crippen molar-refractivity contribution in [2.24, 2.45) is 5.92 Å². The standard InChI is InChI=1S/C13H19BrN2O3S2/c1-2-7-15-13(17)10-4-3-8-16(9-10)21(18,19)12-6-5-11(14)20-12/h5-6,10H,2-4,7-9H2,1H3,(H,15,17). The van der Waals surface area contributed by atoms with Crippen LogP contribution in [0.5, 0.6) is 0 Å². The van der Waals surface area contributed by atoms with Crippen LogP contribution >= 0.6 is 27.3 Å². The topological polar surface area (TPSA) is 66.5 Å². The molecule has 1 aromatic heterocycles. The fourth-order valence-electron chi connectivity index (χ4n) is 2.33. The second-order valence-corrected chi connectivity index (χ2v) is 9.68. The highest BCUT2D eigenvalue weighted by Crippen LogP contribution is 2.30. The second-order valence-electron chi connectivity index (χ2n) is 5.05. The molecule has 0 bridgehead atoms. The van der Waals surface area contributed by atoms with Gasteiger partial charge in [-0.15, -0.1) is 11.3 Å². The third-order valence-corrected chi connectivity index (χ3v) is 7.40. The van der Waals surface area contributed by atoms with Crippen molar-refractivity contribution < 1.29 is 13.2 Å². The third kappa shape index (κ3) is 4.06. The van der Waals surface area contributed by atoms with Gasteiger partial charge in [-0.05, 0) is 47.3 Å². The first-order chi connectivity index (χ1) is 9.95. The smallest absolute Gasteiger partial charge is 0.252 e. The number of carbonyl (C=O) groups is 1. The monoisotopic (exact) mass is 394 g/mol. The molecule has 1 fully saturated rings. The molecule has 5 nitrogen and oxygen atoms in total. The van der Waals surface area contributed by atoms with Gasteiger partial charge in [0, 0.05) is 19.6 Å². The molecular formula is C13H19BrN2O3S2. The van der Waals surface area contributed by atoms with Gasteiger partial charge in [0.05, 0.1) is 9.70 Å². The van der Waals surface area contributed by atoms with E-state index in [4.69, 9.17) is 0 Å². The van der Waals surface area contributed by atoms with E-state index < -0.39 is 10.0 Å². The number of sulfonamides is 1. The third-order valence-electron chi connectivity index (χ3n) is 3.45. The quantitative estimate of drug-likeness (QED) is 0.833. The van der Waals surface area contributed by atoms with Gasteiger partial charge in [0.2, 0.25) is 5.91 Å². The molecule has 21 heavy (non-hydrogen) atoms. The number of piperidine rings is 1. The van der Waals surface area contributed by atoms with Crippen molar-refractivity contribution in [1.82, 2.24) is 9.62 Å². The molecule has 1 aliphatic rings. The second kappa shape index (κ2) is 7.21. The normalized spacial score (nSPS) is 20.4. The van der Waals surface area contributed by atoms with E-state index in [1.807, 2.05) is 6.92 Å². The number of rotatable bonds is 5. The fourth-order valence-corrected chi connectivity index (χ4v) is 6.02. The van der Waals surface area contributed by atoms with Crippen LogP contribution in [0.15, 0.2) is 20.1 Å². The van der Waals surface area contributed by atoms with Crippen LogP contribution in [0.25, 0.3) is 0 Å². The van der Waals surface area contributed by atoms with Crippen LogP contribution < -0.4 is 5.32 Å². The van der Waals surface area contributed by atoms with E-state index in [0.29, 0.717) is 17.3 Å². The largest absolute Gasteiger partial charge is 0.356 e. The van der Waals surface area contributed by atoms with Crippen LogP contribution in [-0.2, 0) is 14.8 Å². The summed E-state index contributed by atoms with van der Waals surface area (Å²) < 4.78 is 27.7. The zero-order valence-electron chi connectivity index (χ0n) is 11.8. The van der Waals surface area contributed by atoms with Crippen molar-refractivity contribution in [3.05, 3.63) is 15.9 Å². The predicted molar refractivity (Wildman–Crippen MR) is 86.8 cm³/mol. The molecule has 1 saturated heterocycles. The van der Waals surface area contributed by atoms with E-state index in [1.165, 1.54) is 15.6 Å². The minimum absolute atomic E-state index is 0.0379. The molecule has 0 aromatic carbocycles. The lowest BCUT2D eigenvalue weighted by molar-refractivity contribution is -0.126. The lowest BCUT2D eigenvalue weighted by Crippen LogP contribution is -2.45. The van der Waals surface area contributed by atoms with Gasteiger partial charge in [-0.25, -0.2) is 8.42 Å². The number of hydrogen-bond acceptors (Lipinski definition) is 4. The summed E-state index contributed by atoms with van der Waals surface area (Å²) in [5, 5.41) is 2.85. The molecule has 1 unspecified atom stereocenters. The Kier molecular flexibility index (Phi) is 5.81. The van der Waals surface area contributed by atoms with Gasteiger partial charge in [0.15, 0.2) is 0 Å². The highest BCUT2D eigenvalue weighted by atomic mass is 79.9. The van der Waals surface area contributed by atoms with E-state index in [1.54, 1.807) is 12.1 Å². The molecule has 0 aliphatic carbocycles. The van der Waals surface area contributed by atoms with Crippen molar-refractivity contribution in [2.75, 3.05) is 19.6 Å². The molecule has 1 aliphatic heterocycles. The Balaban J connectivity index is 2.08. The van der Waals surface area contributed by atoms with Gasteiger partial charge in [-0.3, -0.25) is 4.79 Å². The molecule has 1 amide bonds. The van der Waals surface area contributed by atoms with Gasteiger partial charge < -0.3 is 5.32 Å². The zero-order chi connectivity index (χ0) is 15.5. The van der Waals surface area contributed by atoms with Crippen molar-refractivity contribution in [2.45, 2.75) is 30.4 Å². The predicted octanol–water partition coefficient (Wildman–Crippen LogP) is 2.44. The van der Waals surface area contributed by atoms with Crippen molar-refractivity contribution in [1.29, 1.82) is 0 Å². The lowest BCUT2D eigenvalue weighted by atomic mass is 9.99. The fraction of sp³-hybridized carbons (Fsp3) is 0.615. The summed E-state index contributed by atoms with van der Waals surface area (Å²) in [5.74, 6) is -0.285. The van der Waals surface area contributed by atoms with E-state index in [-0.39, 0.29) is 18.4 Å². The molecular weight excluding hydrogens is 376 g/mol. The number of amides is 1. The first kappa shape index (κ1) is 16.9. The van der Waals surface area contributed by atoms with Crippen LogP contribution in [0.1, 0.15) is 26.2 Å². The Morgan fingerprint density at radius 3 is 2.90 bits per heavy atom. The SMILES string of the molecule is CCCNC(=O)C1CCCN(S(=O)(=O)c2ccc(Br)s2)C1. The molecule has 8 heteroatoms. The summed E-state index contributed by atoms with van der Waals surface area (Å²) in [5.41, 5.74) is 0. The van der Waals surface area contributed by atoms with Crippen LogP contribution in [-0.4, -0.2) is 38.3 Å². The summed E-state index contributed by atoms with van der Waals surface area (Å²) in [7, 11) is -3.49. The highest BCUT2D eigenvalue weighted by molar-refractivity contribution is 9.11. The minimum atomic E-state index is -3.49. The maximum Gasteiger partial charge on any atom is 0.252 e. The molecule has 2 heterocycles. The summed E-state index contributed by atoms with van der Waals surface area (Å²) >= 11 is 4.48. The van der Waals surface area contributed by atoms with Gasteiger partial charge in [-0.1, -0.05) is 6.92 Å². The van der Waals surface area contributed by atoms with Gasteiger partial charge in [0.1, 0.15) is 4.21 Å². The van der Waals surface area contributed by atoms with Gasteiger partial charge in [0.25, 0.3) is 10.0 Å². The van der Waals surface area contributed by atoms with Crippen LogP contribution in [0.2, 0.25) is 0 Å². The number of carbonyl (C=O) groups excluding carboxylic acids is 1. The van der Waals surface area contributed by atoms with Crippen LogP contribution in [0.3, 0.4) is 0 Å². The molecule has 0 saturated carbocycles. The molecule has 118 valence electrons. The first-order valence-corrected chi connectivity index (χ1v) is 10.0. The molecule has 0 spiro atoms.